The van der Waals surface area contributed by atoms with Gasteiger partial charge >= 0.3 is 5.97 Å². The molecule has 7 nitrogen and oxygen atoms in total. The Balaban J connectivity index is 1.78. The smallest absolute Gasteiger partial charge is 0.335 e. The number of rotatable bonds is 4. The van der Waals surface area contributed by atoms with E-state index in [1.165, 1.54) is 18.5 Å². The summed E-state index contributed by atoms with van der Waals surface area (Å²) in [6.45, 7) is 1.28. The van der Waals surface area contributed by atoms with Crippen molar-refractivity contribution in [3.8, 4) is 0 Å². The molecule has 1 N–H and O–H groups in total. The molecule has 1 saturated heterocycles. The molecule has 22 heavy (non-hydrogen) atoms. The Kier molecular flexibility index (Phi) is 3.86. The van der Waals surface area contributed by atoms with E-state index in [9.17, 15) is 9.59 Å². The predicted molar refractivity (Wildman–Crippen MR) is 77.5 cm³/mol. The summed E-state index contributed by atoms with van der Waals surface area (Å²) >= 11 is 0. The number of hydrogen-bond donors (Lipinski definition) is 1. The van der Waals surface area contributed by atoms with Crippen LogP contribution in [0, 0.1) is 0 Å². The van der Waals surface area contributed by atoms with Crippen LogP contribution in [0.5, 0.6) is 0 Å². The average Bonchev–Trinajstić information content (AvgIpc) is 3.19. The lowest BCUT2D eigenvalue weighted by Gasteiger charge is -2.24. The summed E-state index contributed by atoms with van der Waals surface area (Å²) in [6.07, 6.45) is 4.94. The highest BCUT2D eigenvalue weighted by Gasteiger charge is 2.30. The van der Waals surface area contributed by atoms with Crippen LogP contribution in [0.25, 0.3) is 0 Å². The molecule has 1 amide bonds. The number of carbonyl (C=O) groups is 2. The van der Waals surface area contributed by atoms with Gasteiger partial charge in [-0.05, 0) is 31.0 Å². The van der Waals surface area contributed by atoms with Crippen molar-refractivity contribution in [2.75, 3.05) is 6.54 Å². The summed E-state index contributed by atoms with van der Waals surface area (Å²) in [5.74, 6) is -1.17. The van der Waals surface area contributed by atoms with E-state index >= 15 is 0 Å². The van der Waals surface area contributed by atoms with Crippen molar-refractivity contribution in [3.05, 3.63) is 48.0 Å². The maximum atomic E-state index is 12.6. The van der Waals surface area contributed by atoms with Crippen molar-refractivity contribution in [2.45, 2.75) is 25.4 Å². The lowest BCUT2D eigenvalue weighted by molar-refractivity contribution is 0.0697. The lowest BCUT2D eigenvalue weighted by Crippen LogP contribution is -2.38. The quantitative estimate of drug-likeness (QED) is 0.919. The minimum atomic E-state index is -1.03. The van der Waals surface area contributed by atoms with Crippen LogP contribution in [0.4, 0.5) is 0 Å². The zero-order valence-electron chi connectivity index (χ0n) is 11.9. The number of amides is 1. The molecular weight excluding hydrogens is 284 g/mol. The van der Waals surface area contributed by atoms with E-state index in [0.717, 1.165) is 12.8 Å². The third-order valence-corrected chi connectivity index (χ3v) is 3.86. The van der Waals surface area contributed by atoms with Crippen LogP contribution in [-0.4, -0.2) is 49.2 Å². The van der Waals surface area contributed by atoms with Crippen molar-refractivity contribution in [1.29, 1.82) is 0 Å². The second-order valence-electron chi connectivity index (χ2n) is 5.30. The molecule has 0 spiro atoms. The van der Waals surface area contributed by atoms with E-state index in [-0.39, 0.29) is 17.5 Å². The minimum absolute atomic E-state index is 0.0580. The fraction of sp³-hybridized carbons (Fsp3) is 0.333. The summed E-state index contributed by atoms with van der Waals surface area (Å²) in [4.78, 5) is 29.4. The minimum Gasteiger partial charge on any atom is -0.478 e. The molecule has 0 saturated carbocycles. The van der Waals surface area contributed by atoms with Gasteiger partial charge in [0, 0.05) is 12.1 Å². The van der Waals surface area contributed by atoms with Gasteiger partial charge in [0.05, 0.1) is 18.2 Å². The molecule has 7 heteroatoms. The highest BCUT2D eigenvalue weighted by molar-refractivity contribution is 5.97. The molecule has 114 valence electrons. The summed E-state index contributed by atoms with van der Waals surface area (Å²) in [7, 11) is 0. The van der Waals surface area contributed by atoms with Gasteiger partial charge in [0.25, 0.3) is 5.91 Å². The molecule has 1 aliphatic rings. The van der Waals surface area contributed by atoms with E-state index < -0.39 is 5.97 Å². The van der Waals surface area contributed by atoms with Crippen molar-refractivity contribution in [1.82, 2.24) is 19.7 Å². The summed E-state index contributed by atoms with van der Waals surface area (Å²) in [6, 6.07) is 6.22. The zero-order chi connectivity index (χ0) is 15.5. The SMILES string of the molecule is O=C(O)c1cccc(C(=O)N2CCCC2Cn2cncn2)c1. The Morgan fingerprint density at radius 1 is 1.32 bits per heavy atom. The van der Waals surface area contributed by atoms with E-state index in [4.69, 9.17) is 5.11 Å². The van der Waals surface area contributed by atoms with Crippen LogP contribution in [-0.2, 0) is 6.54 Å². The molecule has 1 aromatic carbocycles. The Morgan fingerprint density at radius 3 is 2.86 bits per heavy atom. The molecular formula is C15H16N4O3. The normalized spacial score (nSPS) is 17.6. The average molecular weight is 300 g/mol. The van der Waals surface area contributed by atoms with E-state index in [2.05, 4.69) is 10.1 Å². The van der Waals surface area contributed by atoms with Gasteiger partial charge < -0.3 is 10.0 Å². The Morgan fingerprint density at radius 2 is 2.14 bits per heavy atom. The number of carboxylic acids is 1. The maximum Gasteiger partial charge on any atom is 0.335 e. The number of aromatic carboxylic acids is 1. The van der Waals surface area contributed by atoms with Crippen molar-refractivity contribution >= 4 is 11.9 Å². The van der Waals surface area contributed by atoms with Crippen LogP contribution < -0.4 is 0 Å². The van der Waals surface area contributed by atoms with Gasteiger partial charge in [0.1, 0.15) is 12.7 Å². The molecule has 1 atom stereocenters. The molecule has 0 bridgehead atoms. The summed E-state index contributed by atoms with van der Waals surface area (Å²) < 4.78 is 1.71. The molecule has 2 heterocycles. The van der Waals surface area contributed by atoms with Crippen LogP contribution >= 0.6 is 0 Å². The van der Waals surface area contributed by atoms with Gasteiger partial charge in [-0.15, -0.1) is 0 Å². The number of carbonyl (C=O) groups excluding carboxylic acids is 1. The Hall–Kier alpha value is -2.70. The number of nitrogens with zero attached hydrogens (tertiary/aromatic N) is 4. The fourth-order valence-corrected chi connectivity index (χ4v) is 2.79. The summed E-state index contributed by atoms with van der Waals surface area (Å²) in [5, 5.41) is 13.1. The highest BCUT2D eigenvalue weighted by Crippen LogP contribution is 2.21. The molecule has 1 fully saturated rings. The molecule has 1 unspecified atom stereocenters. The van der Waals surface area contributed by atoms with E-state index in [0.29, 0.717) is 18.7 Å². The van der Waals surface area contributed by atoms with Crippen molar-refractivity contribution < 1.29 is 14.7 Å². The predicted octanol–water partition coefficient (Wildman–Crippen LogP) is 1.28. The second kappa shape index (κ2) is 5.97. The lowest BCUT2D eigenvalue weighted by atomic mass is 10.1. The van der Waals surface area contributed by atoms with Crippen LogP contribution in [0.1, 0.15) is 33.6 Å². The Bertz CT molecular complexity index is 684. The van der Waals surface area contributed by atoms with Gasteiger partial charge in [0.15, 0.2) is 0 Å². The second-order valence-corrected chi connectivity index (χ2v) is 5.30. The van der Waals surface area contributed by atoms with Gasteiger partial charge in [-0.3, -0.25) is 9.48 Å². The number of carboxylic acid groups (broad SMARTS) is 1. The van der Waals surface area contributed by atoms with E-state index in [1.54, 1.807) is 28.0 Å². The third kappa shape index (κ3) is 2.83. The molecule has 3 rings (SSSR count). The Labute approximate surface area is 127 Å². The first-order valence-corrected chi connectivity index (χ1v) is 7.12. The zero-order valence-corrected chi connectivity index (χ0v) is 11.9. The number of benzene rings is 1. The molecule has 0 aliphatic carbocycles. The van der Waals surface area contributed by atoms with Crippen LogP contribution in [0.15, 0.2) is 36.9 Å². The standard InChI is InChI=1S/C15H16N4O3/c20-14(11-3-1-4-12(7-11)15(21)22)19-6-2-5-13(19)8-18-10-16-9-17-18/h1,3-4,7,9-10,13H,2,5-6,8H2,(H,21,22). The molecule has 0 radical (unpaired) electrons. The first kappa shape index (κ1) is 14.2. The highest BCUT2D eigenvalue weighted by atomic mass is 16.4. The van der Waals surface area contributed by atoms with Crippen molar-refractivity contribution in [3.63, 3.8) is 0 Å². The topological polar surface area (TPSA) is 88.3 Å². The number of hydrogen-bond acceptors (Lipinski definition) is 4. The van der Waals surface area contributed by atoms with Gasteiger partial charge in [-0.25, -0.2) is 9.78 Å². The third-order valence-electron chi connectivity index (χ3n) is 3.86. The van der Waals surface area contributed by atoms with Gasteiger partial charge in [0.2, 0.25) is 0 Å². The summed E-state index contributed by atoms with van der Waals surface area (Å²) in [5.41, 5.74) is 0.531. The van der Waals surface area contributed by atoms with Crippen molar-refractivity contribution in [2.24, 2.45) is 0 Å². The number of aromatic nitrogens is 3. The van der Waals surface area contributed by atoms with Gasteiger partial charge in [-0.2, -0.15) is 5.10 Å². The van der Waals surface area contributed by atoms with Gasteiger partial charge in [-0.1, -0.05) is 6.07 Å². The monoisotopic (exact) mass is 300 g/mol. The number of likely N-dealkylation sites (tertiary alicyclic amines) is 1. The van der Waals surface area contributed by atoms with Crippen LogP contribution in [0.2, 0.25) is 0 Å². The molecule has 1 aliphatic heterocycles. The largest absolute Gasteiger partial charge is 0.478 e. The fourth-order valence-electron chi connectivity index (χ4n) is 2.79. The first-order valence-electron chi connectivity index (χ1n) is 7.12. The first-order chi connectivity index (χ1) is 10.6. The van der Waals surface area contributed by atoms with Crippen LogP contribution in [0.3, 0.4) is 0 Å². The maximum absolute atomic E-state index is 12.6. The molecule has 1 aromatic heterocycles. The van der Waals surface area contributed by atoms with E-state index in [1.807, 2.05) is 0 Å². The molecule has 2 aromatic rings.